The average molecular weight is 254 g/mol. The van der Waals surface area contributed by atoms with E-state index < -0.39 is 12.5 Å². The molecule has 0 aliphatic heterocycles. The summed E-state index contributed by atoms with van der Waals surface area (Å²) in [6, 6.07) is 3.35. The molecule has 2 N–H and O–H groups in total. The third kappa shape index (κ3) is 2.96. The fraction of sp³-hybridized carbons (Fsp3) is 0.400. The molecule has 1 atom stereocenters. The second-order valence-corrected chi connectivity index (χ2v) is 2.94. The predicted molar refractivity (Wildman–Crippen MR) is 59.7 cm³/mol. The number of hydrogen-bond acceptors (Lipinski definition) is 3. The van der Waals surface area contributed by atoms with E-state index in [-0.39, 0.29) is 23.7 Å². The van der Waals surface area contributed by atoms with Crippen LogP contribution in [0, 0.1) is 0 Å². The molecule has 0 fully saturated rings. The van der Waals surface area contributed by atoms with Gasteiger partial charge in [-0.2, -0.15) is 0 Å². The van der Waals surface area contributed by atoms with Crippen LogP contribution in [0.1, 0.15) is 11.6 Å². The monoisotopic (exact) mass is 253 g/mol. The Labute approximate surface area is 98.9 Å². The van der Waals surface area contributed by atoms with Crippen LogP contribution in [-0.4, -0.2) is 20.6 Å². The predicted octanol–water partition coefficient (Wildman–Crippen LogP) is 2.39. The van der Waals surface area contributed by atoms with Crippen LogP contribution in [0.2, 0.25) is 0 Å². The maximum Gasteiger partial charge on any atom is 0.257 e. The highest BCUT2D eigenvalue weighted by Crippen LogP contribution is 2.35. The minimum atomic E-state index is -2.63. The lowest BCUT2D eigenvalue weighted by Crippen LogP contribution is -2.19. The molecule has 0 aliphatic rings. The normalized spacial score (nSPS) is 11.9. The quantitative estimate of drug-likeness (QED) is 0.896. The van der Waals surface area contributed by atoms with Crippen LogP contribution in [0.4, 0.5) is 8.78 Å². The van der Waals surface area contributed by atoms with E-state index in [1.54, 1.807) is 12.1 Å². The van der Waals surface area contributed by atoms with Crippen molar-refractivity contribution in [2.75, 3.05) is 14.2 Å². The number of alkyl halides is 2. The van der Waals surface area contributed by atoms with Crippen molar-refractivity contribution >= 4 is 12.4 Å². The number of benzene rings is 1. The smallest absolute Gasteiger partial charge is 0.257 e. The van der Waals surface area contributed by atoms with Gasteiger partial charge in [0.15, 0.2) is 11.5 Å². The first-order valence-corrected chi connectivity index (χ1v) is 4.36. The fourth-order valence-electron chi connectivity index (χ4n) is 1.31. The lowest BCUT2D eigenvalue weighted by Gasteiger charge is -2.16. The molecule has 1 aromatic rings. The Bertz CT molecular complexity index is 337. The molecule has 1 rings (SSSR count). The molecule has 3 nitrogen and oxygen atoms in total. The van der Waals surface area contributed by atoms with Crippen LogP contribution in [-0.2, 0) is 0 Å². The second kappa shape index (κ2) is 6.50. The molecule has 1 aromatic carbocycles. The molecular formula is C10H14ClF2NO2. The Kier molecular flexibility index (Phi) is 6.06. The summed E-state index contributed by atoms with van der Waals surface area (Å²) in [6.07, 6.45) is -2.63. The van der Waals surface area contributed by atoms with E-state index in [0.717, 1.165) is 0 Å². The van der Waals surface area contributed by atoms with Crippen molar-refractivity contribution in [1.82, 2.24) is 0 Å². The van der Waals surface area contributed by atoms with Crippen molar-refractivity contribution in [3.63, 3.8) is 0 Å². The largest absolute Gasteiger partial charge is 0.493 e. The lowest BCUT2D eigenvalue weighted by molar-refractivity contribution is 0.115. The van der Waals surface area contributed by atoms with Gasteiger partial charge < -0.3 is 15.2 Å². The maximum atomic E-state index is 12.4. The highest BCUT2D eigenvalue weighted by Gasteiger charge is 2.23. The first-order valence-electron chi connectivity index (χ1n) is 4.36. The minimum absolute atomic E-state index is 0. The van der Waals surface area contributed by atoms with Crippen molar-refractivity contribution in [2.24, 2.45) is 5.73 Å². The van der Waals surface area contributed by atoms with Gasteiger partial charge >= 0.3 is 0 Å². The summed E-state index contributed by atoms with van der Waals surface area (Å²) < 4.78 is 34.9. The number of hydrogen-bond donors (Lipinski definition) is 1. The summed E-state index contributed by atoms with van der Waals surface area (Å²) >= 11 is 0. The first-order chi connectivity index (χ1) is 7.11. The van der Waals surface area contributed by atoms with E-state index in [1.807, 2.05) is 0 Å². The van der Waals surface area contributed by atoms with Gasteiger partial charge in [0.05, 0.1) is 20.3 Å². The second-order valence-electron chi connectivity index (χ2n) is 2.94. The number of methoxy groups -OCH3 is 2. The van der Waals surface area contributed by atoms with Crippen LogP contribution in [0.3, 0.4) is 0 Å². The maximum absolute atomic E-state index is 12.4. The highest BCUT2D eigenvalue weighted by atomic mass is 35.5. The van der Waals surface area contributed by atoms with Crippen LogP contribution in [0.5, 0.6) is 11.5 Å². The summed E-state index contributed by atoms with van der Waals surface area (Å²) in [4.78, 5) is 0. The van der Waals surface area contributed by atoms with Gasteiger partial charge in [-0.25, -0.2) is 8.78 Å². The van der Waals surface area contributed by atoms with Crippen molar-refractivity contribution in [1.29, 1.82) is 0 Å². The van der Waals surface area contributed by atoms with Crippen LogP contribution in [0.15, 0.2) is 18.2 Å². The Morgan fingerprint density at radius 1 is 1.19 bits per heavy atom. The molecule has 92 valence electrons. The van der Waals surface area contributed by atoms with Crippen molar-refractivity contribution in [2.45, 2.75) is 12.5 Å². The Morgan fingerprint density at radius 3 is 2.25 bits per heavy atom. The van der Waals surface area contributed by atoms with Crippen molar-refractivity contribution in [3.05, 3.63) is 23.8 Å². The zero-order valence-electron chi connectivity index (χ0n) is 8.94. The number of rotatable bonds is 4. The van der Waals surface area contributed by atoms with Gasteiger partial charge in [0.2, 0.25) is 0 Å². The molecule has 0 saturated heterocycles. The third-order valence-electron chi connectivity index (χ3n) is 2.06. The van der Waals surface area contributed by atoms with E-state index in [1.165, 1.54) is 20.3 Å². The van der Waals surface area contributed by atoms with Gasteiger partial charge in [-0.05, 0) is 6.07 Å². The van der Waals surface area contributed by atoms with Crippen LogP contribution < -0.4 is 15.2 Å². The van der Waals surface area contributed by atoms with Gasteiger partial charge in [-0.3, -0.25) is 0 Å². The van der Waals surface area contributed by atoms with E-state index in [9.17, 15) is 8.78 Å². The Hall–Kier alpha value is -1.07. The topological polar surface area (TPSA) is 44.5 Å². The molecule has 0 radical (unpaired) electrons. The molecule has 0 aliphatic carbocycles. The van der Waals surface area contributed by atoms with Gasteiger partial charge in [-0.1, -0.05) is 12.1 Å². The van der Waals surface area contributed by atoms with E-state index >= 15 is 0 Å². The van der Waals surface area contributed by atoms with Crippen LogP contribution in [0.25, 0.3) is 0 Å². The lowest BCUT2D eigenvalue weighted by atomic mass is 10.1. The minimum Gasteiger partial charge on any atom is -0.493 e. The van der Waals surface area contributed by atoms with E-state index in [2.05, 4.69) is 0 Å². The number of para-hydroxylation sites is 1. The molecule has 0 bridgehead atoms. The van der Waals surface area contributed by atoms with E-state index in [0.29, 0.717) is 5.75 Å². The summed E-state index contributed by atoms with van der Waals surface area (Å²) in [5.74, 6) is 0.652. The Balaban J connectivity index is 0.00000225. The van der Waals surface area contributed by atoms with Gasteiger partial charge in [0.1, 0.15) is 0 Å². The molecule has 6 heteroatoms. The Morgan fingerprint density at radius 2 is 1.81 bits per heavy atom. The summed E-state index contributed by atoms with van der Waals surface area (Å²) in [6.45, 7) is 0. The summed E-state index contributed by atoms with van der Waals surface area (Å²) in [7, 11) is 2.83. The molecule has 0 heterocycles. The number of ether oxygens (including phenoxy) is 2. The van der Waals surface area contributed by atoms with Gasteiger partial charge in [0, 0.05) is 5.56 Å². The molecule has 16 heavy (non-hydrogen) atoms. The zero-order chi connectivity index (χ0) is 11.4. The fourth-order valence-corrected chi connectivity index (χ4v) is 1.31. The van der Waals surface area contributed by atoms with Gasteiger partial charge in [0.25, 0.3) is 6.43 Å². The number of nitrogens with two attached hydrogens (primary N) is 1. The zero-order valence-corrected chi connectivity index (χ0v) is 9.76. The standard InChI is InChI=1S/C10H13F2NO2.ClH/c1-14-7-5-3-4-6(9(7)15-2)8(13)10(11)12;/h3-5,8,10H,13H2,1-2H3;1H/t8-;/m1./s1. The summed E-state index contributed by atoms with van der Waals surface area (Å²) in [5.41, 5.74) is 5.59. The van der Waals surface area contributed by atoms with Crippen molar-refractivity contribution < 1.29 is 18.3 Å². The van der Waals surface area contributed by atoms with E-state index in [4.69, 9.17) is 15.2 Å². The van der Waals surface area contributed by atoms with Crippen molar-refractivity contribution in [3.8, 4) is 11.5 Å². The van der Waals surface area contributed by atoms with Gasteiger partial charge in [-0.15, -0.1) is 12.4 Å². The first kappa shape index (κ1) is 14.9. The molecule has 0 saturated carbocycles. The third-order valence-corrected chi connectivity index (χ3v) is 2.06. The average Bonchev–Trinajstić information content (AvgIpc) is 2.26. The molecule has 0 aromatic heterocycles. The summed E-state index contributed by atoms with van der Waals surface area (Å²) in [5, 5.41) is 0. The molecule has 0 amide bonds. The molecular weight excluding hydrogens is 240 g/mol. The number of halogens is 3. The highest BCUT2D eigenvalue weighted by molar-refractivity contribution is 5.85. The van der Waals surface area contributed by atoms with Crippen LogP contribution >= 0.6 is 12.4 Å². The molecule has 0 spiro atoms. The SMILES string of the molecule is COc1cccc([C@@H](N)C(F)F)c1OC.Cl. The molecule has 0 unspecified atom stereocenters.